The van der Waals surface area contributed by atoms with Gasteiger partial charge >= 0.3 is 6.18 Å². The lowest BCUT2D eigenvalue weighted by molar-refractivity contribution is -0.137. The zero-order valence-electron chi connectivity index (χ0n) is 11.6. The molecule has 2 aromatic rings. The summed E-state index contributed by atoms with van der Waals surface area (Å²) in [4.78, 5) is 0. The van der Waals surface area contributed by atoms with Gasteiger partial charge in [0.25, 0.3) is 0 Å². The summed E-state index contributed by atoms with van der Waals surface area (Å²) in [6.45, 7) is 0.774. The molecular weight excluding hydrogens is 279 g/mol. The second-order valence-electron chi connectivity index (χ2n) is 5.72. The highest BCUT2D eigenvalue weighted by atomic mass is 19.4. The van der Waals surface area contributed by atoms with Crippen LogP contribution in [-0.4, -0.2) is 16.7 Å². The number of rotatable bonds is 3. The Balaban J connectivity index is 1.78. The fraction of sp³-hybridized carbons (Fsp3) is 0.533. The van der Waals surface area contributed by atoms with Gasteiger partial charge in [0.2, 0.25) is 0 Å². The molecule has 0 saturated heterocycles. The van der Waals surface area contributed by atoms with Crippen LogP contribution in [0.3, 0.4) is 0 Å². The predicted molar refractivity (Wildman–Crippen MR) is 76.2 cm³/mol. The van der Waals surface area contributed by atoms with Crippen LogP contribution in [0.1, 0.15) is 37.7 Å². The highest BCUT2D eigenvalue weighted by Gasteiger charge is 2.31. The molecule has 0 bridgehead atoms. The van der Waals surface area contributed by atoms with E-state index >= 15 is 0 Å². The largest absolute Gasteiger partial charge is 0.416 e. The van der Waals surface area contributed by atoms with Crippen LogP contribution >= 0.6 is 0 Å². The summed E-state index contributed by atoms with van der Waals surface area (Å²) in [5.74, 6) is 1.11. The molecular formula is C15H18F3N3. The number of benzene rings is 1. The lowest BCUT2D eigenvalue weighted by Crippen LogP contribution is -2.17. The molecule has 1 aromatic carbocycles. The van der Waals surface area contributed by atoms with Crippen LogP contribution in [0.4, 0.5) is 19.0 Å². The first-order valence-electron chi connectivity index (χ1n) is 7.33. The van der Waals surface area contributed by atoms with Crippen LogP contribution in [0.5, 0.6) is 0 Å². The van der Waals surface area contributed by atoms with E-state index in [1.54, 1.807) is 0 Å². The number of hydrogen-bond acceptors (Lipinski definition) is 2. The topological polar surface area (TPSA) is 40.7 Å². The average molecular weight is 297 g/mol. The number of halogens is 3. The number of alkyl halides is 3. The minimum atomic E-state index is -4.33. The van der Waals surface area contributed by atoms with Crippen molar-refractivity contribution in [2.75, 3.05) is 11.9 Å². The number of aromatic amines is 1. The van der Waals surface area contributed by atoms with Crippen LogP contribution in [-0.2, 0) is 6.18 Å². The molecule has 1 heterocycles. The molecule has 0 radical (unpaired) electrons. The molecule has 0 atom stereocenters. The maximum atomic E-state index is 12.8. The normalized spacial score (nSPS) is 17.3. The molecule has 114 valence electrons. The summed E-state index contributed by atoms with van der Waals surface area (Å²) < 4.78 is 38.3. The van der Waals surface area contributed by atoms with E-state index < -0.39 is 11.7 Å². The molecule has 0 spiro atoms. The Kier molecular flexibility index (Phi) is 3.78. The lowest BCUT2D eigenvalue weighted by atomic mass is 9.89. The van der Waals surface area contributed by atoms with Gasteiger partial charge in [-0.1, -0.05) is 19.3 Å². The van der Waals surface area contributed by atoms with Gasteiger partial charge in [0.1, 0.15) is 0 Å². The van der Waals surface area contributed by atoms with Gasteiger partial charge in [-0.15, -0.1) is 0 Å². The molecule has 1 fully saturated rings. The predicted octanol–water partition coefficient (Wildman–Crippen LogP) is 4.57. The van der Waals surface area contributed by atoms with Gasteiger partial charge in [-0.2, -0.15) is 18.3 Å². The molecule has 6 heteroatoms. The van der Waals surface area contributed by atoms with Crippen LogP contribution in [0.2, 0.25) is 0 Å². The minimum Gasteiger partial charge on any atom is -0.368 e. The summed E-state index contributed by atoms with van der Waals surface area (Å²) in [7, 11) is 0. The van der Waals surface area contributed by atoms with Crippen molar-refractivity contribution in [3.05, 3.63) is 23.8 Å². The van der Waals surface area contributed by atoms with E-state index in [2.05, 4.69) is 15.5 Å². The van der Waals surface area contributed by atoms with E-state index in [9.17, 15) is 13.2 Å². The number of nitrogens with zero attached hydrogens (tertiary/aromatic N) is 1. The van der Waals surface area contributed by atoms with Gasteiger partial charge in [0.15, 0.2) is 5.82 Å². The summed E-state index contributed by atoms with van der Waals surface area (Å²) in [6.07, 6.45) is 1.81. The Bertz CT molecular complexity index is 612. The van der Waals surface area contributed by atoms with E-state index in [1.807, 2.05) is 0 Å². The summed E-state index contributed by atoms with van der Waals surface area (Å²) in [5.41, 5.74) is -0.0220. The van der Waals surface area contributed by atoms with Gasteiger partial charge in [0.05, 0.1) is 11.1 Å². The summed E-state index contributed by atoms with van der Waals surface area (Å²) >= 11 is 0. The molecule has 3 rings (SSSR count). The van der Waals surface area contributed by atoms with Crippen molar-refractivity contribution in [3.63, 3.8) is 0 Å². The van der Waals surface area contributed by atoms with Crippen molar-refractivity contribution >= 4 is 16.7 Å². The van der Waals surface area contributed by atoms with Gasteiger partial charge in [-0.3, -0.25) is 5.10 Å². The molecule has 0 amide bonds. The smallest absolute Gasteiger partial charge is 0.368 e. The SMILES string of the molecule is FC(F)(F)c1ccc2[nH]nc(NCC3CCCCC3)c2c1. The second-order valence-corrected chi connectivity index (χ2v) is 5.72. The van der Waals surface area contributed by atoms with Crippen molar-refractivity contribution in [3.8, 4) is 0 Å². The van der Waals surface area contributed by atoms with Gasteiger partial charge < -0.3 is 5.32 Å². The molecule has 1 aliphatic carbocycles. The van der Waals surface area contributed by atoms with E-state index in [-0.39, 0.29) is 0 Å². The number of H-pyrrole nitrogens is 1. The Hall–Kier alpha value is -1.72. The van der Waals surface area contributed by atoms with Crippen LogP contribution in [0, 0.1) is 5.92 Å². The van der Waals surface area contributed by atoms with Gasteiger partial charge in [-0.05, 0) is 37.0 Å². The van der Waals surface area contributed by atoms with Crippen molar-refractivity contribution in [2.24, 2.45) is 5.92 Å². The number of nitrogens with one attached hydrogen (secondary N) is 2. The van der Waals surface area contributed by atoms with Crippen molar-refractivity contribution in [1.29, 1.82) is 0 Å². The Morgan fingerprint density at radius 2 is 1.95 bits per heavy atom. The molecule has 21 heavy (non-hydrogen) atoms. The van der Waals surface area contributed by atoms with Gasteiger partial charge in [0, 0.05) is 11.9 Å². The van der Waals surface area contributed by atoms with Crippen LogP contribution in [0.25, 0.3) is 10.9 Å². The molecule has 1 aromatic heterocycles. The zero-order valence-corrected chi connectivity index (χ0v) is 11.6. The zero-order chi connectivity index (χ0) is 14.9. The van der Waals surface area contributed by atoms with E-state index in [0.29, 0.717) is 22.6 Å². The minimum absolute atomic E-state index is 0.501. The van der Waals surface area contributed by atoms with E-state index in [0.717, 1.165) is 18.7 Å². The molecule has 1 aliphatic rings. The summed E-state index contributed by atoms with van der Waals surface area (Å²) in [5, 5.41) is 10.6. The lowest BCUT2D eigenvalue weighted by Gasteiger charge is -2.21. The highest BCUT2D eigenvalue weighted by Crippen LogP contribution is 2.33. The Labute approximate surface area is 120 Å². The monoisotopic (exact) mass is 297 g/mol. The maximum Gasteiger partial charge on any atom is 0.416 e. The molecule has 0 unspecified atom stereocenters. The van der Waals surface area contributed by atoms with Crippen LogP contribution < -0.4 is 5.32 Å². The Morgan fingerprint density at radius 1 is 1.19 bits per heavy atom. The van der Waals surface area contributed by atoms with Gasteiger partial charge in [-0.25, -0.2) is 0 Å². The molecule has 3 nitrogen and oxygen atoms in total. The van der Waals surface area contributed by atoms with E-state index in [4.69, 9.17) is 0 Å². The van der Waals surface area contributed by atoms with Crippen molar-refractivity contribution in [2.45, 2.75) is 38.3 Å². The number of fused-ring (bicyclic) bond motifs is 1. The first-order chi connectivity index (χ1) is 10.0. The first kappa shape index (κ1) is 14.2. The number of aromatic nitrogens is 2. The Morgan fingerprint density at radius 3 is 2.67 bits per heavy atom. The number of anilines is 1. The fourth-order valence-electron chi connectivity index (χ4n) is 2.96. The molecule has 1 saturated carbocycles. The fourth-order valence-corrected chi connectivity index (χ4v) is 2.96. The maximum absolute atomic E-state index is 12.8. The average Bonchev–Trinajstić information content (AvgIpc) is 2.87. The van der Waals surface area contributed by atoms with Crippen LogP contribution in [0.15, 0.2) is 18.2 Å². The third-order valence-corrected chi connectivity index (χ3v) is 4.17. The molecule has 0 aliphatic heterocycles. The summed E-state index contributed by atoms with van der Waals surface area (Å²) in [6, 6.07) is 3.66. The highest BCUT2D eigenvalue weighted by molar-refractivity contribution is 5.90. The third-order valence-electron chi connectivity index (χ3n) is 4.17. The second kappa shape index (κ2) is 5.58. The molecule has 2 N–H and O–H groups in total. The quantitative estimate of drug-likeness (QED) is 0.871. The van der Waals surface area contributed by atoms with Crippen molar-refractivity contribution in [1.82, 2.24) is 10.2 Å². The standard InChI is InChI=1S/C15H18F3N3/c16-15(17,18)11-6-7-13-12(8-11)14(21-20-13)19-9-10-4-2-1-3-5-10/h6-8,10H,1-5,9H2,(H2,19,20,21). The van der Waals surface area contributed by atoms with E-state index in [1.165, 1.54) is 38.2 Å². The first-order valence-corrected chi connectivity index (χ1v) is 7.33. The third kappa shape index (κ3) is 3.14. The number of hydrogen-bond donors (Lipinski definition) is 2. The van der Waals surface area contributed by atoms with Crippen molar-refractivity contribution < 1.29 is 13.2 Å².